The Hall–Kier alpha value is -2.17. The molecule has 3 heterocycles. The Morgan fingerprint density at radius 3 is 3.00 bits per heavy atom. The third-order valence-electron chi connectivity index (χ3n) is 5.35. The van der Waals surface area contributed by atoms with Gasteiger partial charge in [-0.3, -0.25) is 14.4 Å². The summed E-state index contributed by atoms with van der Waals surface area (Å²) in [6, 6.07) is 9.63. The topological polar surface area (TPSA) is 42.4 Å². The number of aromatic nitrogens is 1. The number of fused-ring (bicyclic) bond motifs is 2. The van der Waals surface area contributed by atoms with E-state index >= 15 is 0 Å². The molecule has 6 heteroatoms. The number of carbonyl (C=O) groups excluding carboxylic acids is 1. The van der Waals surface area contributed by atoms with Crippen LogP contribution in [0.4, 0.5) is 0 Å². The summed E-state index contributed by atoms with van der Waals surface area (Å²) in [4.78, 5) is 18.5. The molecular formula is C20H21ClN3O2+. The van der Waals surface area contributed by atoms with E-state index in [0.29, 0.717) is 22.7 Å². The molecule has 5 nitrogen and oxygen atoms in total. The van der Waals surface area contributed by atoms with Gasteiger partial charge in [0.05, 0.1) is 38.9 Å². The van der Waals surface area contributed by atoms with Gasteiger partial charge in [0, 0.05) is 28.9 Å². The van der Waals surface area contributed by atoms with Crippen molar-refractivity contribution in [1.82, 2.24) is 9.88 Å². The maximum absolute atomic E-state index is 11.5. The van der Waals surface area contributed by atoms with Gasteiger partial charge in [0.1, 0.15) is 12.4 Å². The third-order valence-corrected chi connectivity index (χ3v) is 5.59. The number of piperazine rings is 1. The molecule has 134 valence electrons. The number of ether oxygens (including phenoxy) is 1. The number of pyridine rings is 1. The summed E-state index contributed by atoms with van der Waals surface area (Å²) in [5.74, 6) is 2.93. The minimum Gasteiger partial charge on any atom is -0.488 e. The molecule has 2 aromatic rings. The van der Waals surface area contributed by atoms with E-state index in [1.807, 2.05) is 50.6 Å². The van der Waals surface area contributed by atoms with Gasteiger partial charge in [0.2, 0.25) is 5.70 Å². The molecule has 0 unspecified atom stereocenters. The van der Waals surface area contributed by atoms with Crippen LogP contribution >= 0.6 is 11.6 Å². The smallest absolute Gasteiger partial charge is 0.207 e. The van der Waals surface area contributed by atoms with E-state index in [4.69, 9.17) is 16.3 Å². The van der Waals surface area contributed by atoms with E-state index in [-0.39, 0.29) is 6.04 Å². The van der Waals surface area contributed by atoms with Crippen molar-refractivity contribution in [3.63, 3.8) is 0 Å². The summed E-state index contributed by atoms with van der Waals surface area (Å²) in [5.41, 5.74) is 3.81. The lowest BCUT2D eigenvalue weighted by molar-refractivity contribution is -0.856. The maximum atomic E-state index is 11.5. The predicted octanol–water partition coefficient (Wildman–Crippen LogP) is 2.82. The average molecular weight is 371 g/mol. The first-order chi connectivity index (χ1) is 12.5. The predicted molar refractivity (Wildman–Crippen MR) is 99.6 cm³/mol. The zero-order valence-corrected chi connectivity index (χ0v) is 15.7. The number of quaternary nitrogens is 1. The molecule has 0 amide bonds. The van der Waals surface area contributed by atoms with Crippen molar-refractivity contribution >= 4 is 17.5 Å². The van der Waals surface area contributed by atoms with E-state index in [2.05, 4.69) is 15.8 Å². The molecule has 0 bridgehead atoms. The first kappa shape index (κ1) is 17.3. The highest BCUT2D eigenvalue weighted by Crippen LogP contribution is 2.41. The highest BCUT2D eigenvalue weighted by atomic mass is 35.5. The molecule has 1 fully saturated rings. The van der Waals surface area contributed by atoms with Crippen LogP contribution in [0.5, 0.6) is 5.75 Å². The van der Waals surface area contributed by atoms with Crippen molar-refractivity contribution in [2.75, 3.05) is 33.7 Å². The van der Waals surface area contributed by atoms with Gasteiger partial charge >= 0.3 is 0 Å². The highest BCUT2D eigenvalue weighted by molar-refractivity contribution is 6.30. The molecular weight excluding hydrogens is 350 g/mol. The average Bonchev–Trinajstić information content (AvgIpc) is 2.78. The maximum Gasteiger partial charge on any atom is 0.207 e. The fourth-order valence-electron chi connectivity index (χ4n) is 3.70. The van der Waals surface area contributed by atoms with Crippen molar-refractivity contribution in [1.29, 1.82) is 0 Å². The van der Waals surface area contributed by atoms with Crippen LogP contribution in [0, 0.1) is 0 Å². The quantitative estimate of drug-likeness (QED) is 0.572. The van der Waals surface area contributed by atoms with Gasteiger partial charge in [-0.15, -0.1) is 0 Å². The number of likely N-dealkylation sites (N-methyl/N-ethyl adjacent to an activating group) is 1. The van der Waals surface area contributed by atoms with Gasteiger partial charge in [-0.25, -0.2) is 4.79 Å². The Kier molecular flexibility index (Phi) is 4.33. The normalized spacial score (nSPS) is 21.8. The molecule has 1 saturated heterocycles. The van der Waals surface area contributed by atoms with Crippen molar-refractivity contribution < 1.29 is 14.0 Å². The molecule has 0 N–H and O–H groups in total. The summed E-state index contributed by atoms with van der Waals surface area (Å²) in [6.07, 6.45) is 1.81. The van der Waals surface area contributed by atoms with Crippen LogP contribution in [0.25, 0.3) is 0 Å². The Morgan fingerprint density at radius 1 is 1.35 bits per heavy atom. The third kappa shape index (κ3) is 2.93. The van der Waals surface area contributed by atoms with Crippen LogP contribution < -0.4 is 4.74 Å². The SMILES string of the molecule is C[N+]1(C)CCN([C@H]2c3ccc(Cl)cc3OCc3cccnc32)CC1=C=O. The lowest BCUT2D eigenvalue weighted by Gasteiger charge is -2.41. The van der Waals surface area contributed by atoms with E-state index in [0.717, 1.165) is 41.4 Å². The molecule has 0 radical (unpaired) electrons. The Bertz CT molecular complexity index is 906. The van der Waals surface area contributed by atoms with Gasteiger partial charge in [0.25, 0.3) is 0 Å². The fraction of sp³-hybridized carbons (Fsp3) is 0.350. The van der Waals surface area contributed by atoms with Crippen molar-refractivity contribution in [3.05, 3.63) is 64.1 Å². The summed E-state index contributed by atoms with van der Waals surface area (Å²) < 4.78 is 6.61. The summed E-state index contributed by atoms with van der Waals surface area (Å²) in [5, 5.41) is 0.645. The lowest BCUT2D eigenvalue weighted by Crippen LogP contribution is -2.54. The number of benzene rings is 1. The van der Waals surface area contributed by atoms with E-state index in [1.165, 1.54) is 0 Å². The number of halogens is 1. The highest BCUT2D eigenvalue weighted by Gasteiger charge is 2.39. The minimum absolute atomic E-state index is 0.0791. The molecule has 26 heavy (non-hydrogen) atoms. The summed E-state index contributed by atoms with van der Waals surface area (Å²) in [7, 11) is 4.10. The Labute approximate surface area is 158 Å². The monoisotopic (exact) mass is 370 g/mol. The van der Waals surface area contributed by atoms with E-state index < -0.39 is 0 Å². The molecule has 1 atom stereocenters. The molecule has 0 saturated carbocycles. The van der Waals surface area contributed by atoms with Crippen LogP contribution in [0.1, 0.15) is 22.9 Å². The first-order valence-electron chi connectivity index (χ1n) is 8.67. The standard InChI is InChI=1S/C20H21ClN3O2/c1-24(2)9-8-23(11-16(24)12-25)20-17-6-5-15(21)10-18(17)26-13-14-4-3-7-22-19(14)20/h3-7,10,20H,8-9,11,13H2,1-2H3/q+1/t20-/m0/s1. The Morgan fingerprint density at radius 2 is 2.19 bits per heavy atom. The summed E-state index contributed by atoms with van der Waals surface area (Å²) in [6.45, 7) is 2.70. The molecule has 4 rings (SSSR count). The zero-order chi connectivity index (χ0) is 18.3. The molecule has 1 aromatic carbocycles. The molecule has 2 aliphatic heterocycles. The van der Waals surface area contributed by atoms with Crippen LogP contribution in [-0.2, 0) is 11.4 Å². The van der Waals surface area contributed by atoms with Crippen LogP contribution in [-0.4, -0.2) is 54.0 Å². The zero-order valence-electron chi connectivity index (χ0n) is 14.9. The number of hydrogen-bond donors (Lipinski definition) is 0. The van der Waals surface area contributed by atoms with Crippen LogP contribution in [0.2, 0.25) is 5.02 Å². The number of rotatable bonds is 1. The van der Waals surface area contributed by atoms with Crippen molar-refractivity contribution in [2.24, 2.45) is 0 Å². The van der Waals surface area contributed by atoms with Crippen molar-refractivity contribution in [3.8, 4) is 5.75 Å². The van der Waals surface area contributed by atoms with Crippen LogP contribution in [0.15, 0.2) is 42.2 Å². The first-order valence-corrected chi connectivity index (χ1v) is 9.05. The second kappa shape index (κ2) is 6.53. The summed E-state index contributed by atoms with van der Waals surface area (Å²) >= 11 is 6.19. The Balaban J connectivity index is 1.83. The van der Waals surface area contributed by atoms with E-state index in [9.17, 15) is 4.79 Å². The van der Waals surface area contributed by atoms with Gasteiger partial charge in [-0.2, -0.15) is 0 Å². The number of nitrogens with zero attached hydrogens (tertiary/aromatic N) is 3. The van der Waals surface area contributed by atoms with E-state index in [1.54, 1.807) is 0 Å². The number of hydrogen-bond acceptors (Lipinski definition) is 4. The van der Waals surface area contributed by atoms with Crippen molar-refractivity contribution in [2.45, 2.75) is 12.6 Å². The molecule has 0 spiro atoms. The van der Waals surface area contributed by atoms with Gasteiger partial charge in [-0.05, 0) is 18.2 Å². The van der Waals surface area contributed by atoms with Gasteiger partial charge in [-0.1, -0.05) is 23.7 Å². The largest absolute Gasteiger partial charge is 0.488 e. The van der Waals surface area contributed by atoms with Gasteiger partial charge < -0.3 is 4.74 Å². The molecule has 0 aliphatic carbocycles. The molecule has 1 aromatic heterocycles. The second-order valence-corrected chi connectivity index (χ2v) is 7.79. The second-order valence-electron chi connectivity index (χ2n) is 7.35. The molecule has 2 aliphatic rings. The fourth-order valence-corrected chi connectivity index (χ4v) is 3.87. The van der Waals surface area contributed by atoms with Crippen LogP contribution in [0.3, 0.4) is 0 Å². The minimum atomic E-state index is -0.0791. The van der Waals surface area contributed by atoms with Gasteiger partial charge in [0.15, 0.2) is 5.94 Å². The lowest BCUT2D eigenvalue weighted by atomic mass is 9.97.